The van der Waals surface area contributed by atoms with Crippen LogP contribution in [0.1, 0.15) is 5.56 Å². The lowest BCUT2D eigenvalue weighted by atomic mass is 10.2. The van der Waals surface area contributed by atoms with E-state index >= 15 is 0 Å². The fourth-order valence-electron chi connectivity index (χ4n) is 1.80. The third-order valence-electron chi connectivity index (χ3n) is 2.70. The van der Waals surface area contributed by atoms with E-state index in [9.17, 15) is 8.42 Å². The third kappa shape index (κ3) is 4.81. The van der Waals surface area contributed by atoms with Crippen LogP contribution in [0.5, 0.6) is 0 Å². The third-order valence-corrected chi connectivity index (χ3v) is 4.01. The van der Waals surface area contributed by atoms with Crippen LogP contribution >= 0.6 is 23.2 Å². The molecule has 0 aliphatic carbocycles. The Labute approximate surface area is 134 Å². The SMILES string of the molecule is CS(=O)(=O)Nc1cccc(NCc2c(Cl)cccc2Cl)c1. The summed E-state index contributed by atoms with van der Waals surface area (Å²) in [6.07, 6.45) is 1.11. The topological polar surface area (TPSA) is 58.2 Å². The number of anilines is 2. The first-order valence-corrected chi connectivity index (χ1v) is 8.74. The molecular formula is C14H14Cl2N2O2S. The van der Waals surface area contributed by atoms with Gasteiger partial charge in [0.1, 0.15) is 0 Å². The predicted octanol–water partition coefficient (Wildman–Crippen LogP) is 3.98. The minimum absolute atomic E-state index is 0.445. The lowest BCUT2D eigenvalue weighted by Gasteiger charge is -2.11. The molecule has 0 amide bonds. The van der Waals surface area contributed by atoms with Crippen molar-refractivity contribution in [3.05, 3.63) is 58.1 Å². The molecule has 21 heavy (non-hydrogen) atoms. The van der Waals surface area contributed by atoms with Crippen molar-refractivity contribution >= 4 is 44.6 Å². The van der Waals surface area contributed by atoms with Crippen molar-refractivity contribution in [1.29, 1.82) is 0 Å². The summed E-state index contributed by atoms with van der Waals surface area (Å²) in [5.41, 5.74) is 2.05. The monoisotopic (exact) mass is 344 g/mol. The number of sulfonamides is 1. The Morgan fingerprint density at radius 2 is 1.57 bits per heavy atom. The second-order valence-corrected chi connectivity index (χ2v) is 7.07. The van der Waals surface area contributed by atoms with Gasteiger partial charge in [-0.1, -0.05) is 35.3 Å². The number of nitrogens with one attached hydrogen (secondary N) is 2. The number of rotatable bonds is 5. The first kappa shape index (κ1) is 15.9. The standard InChI is InChI=1S/C14H14Cl2N2O2S/c1-21(19,20)18-11-5-2-4-10(8-11)17-9-12-13(15)6-3-7-14(12)16/h2-8,17-18H,9H2,1H3. The molecule has 4 nitrogen and oxygen atoms in total. The quantitative estimate of drug-likeness (QED) is 0.862. The highest BCUT2D eigenvalue weighted by Gasteiger charge is 2.06. The molecule has 0 atom stereocenters. The van der Waals surface area contributed by atoms with Crippen LogP contribution in [-0.2, 0) is 16.6 Å². The van der Waals surface area contributed by atoms with E-state index < -0.39 is 10.0 Å². The van der Waals surface area contributed by atoms with Crippen LogP contribution in [0.4, 0.5) is 11.4 Å². The van der Waals surface area contributed by atoms with Gasteiger partial charge in [0, 0.05) is 27.8 Å². The van der Waals surface area contributed by atoms with Crippen LogP contribution in [-0.4, -0.2) is 14.7 Å². The molecular weight excluding hydrogens is 331 g/mol. The van der Waals surface area contributed by atoms with Crippen LogP contribution in [0.2, 0.25) is 10.0 Å². The Kier molecular flexibility index (Phi) is 4.98. The summed E-state index contributed by atoms with van der Waals surface area (Å²) < 4.78 is 24.9. The van der Waals surface area contributed by atoms with E-state index in [2.05, 4.69) is 10.0 Å². The zero-order valence-corrected chi connectivity index (χ0v) is 13.6. The summed E-state index contributed by atoms with van der Waals surface area (Å²) >= 11 is 12.2. The van der Waals surface area contributed by atoms with Gasteiger partial charge in [0.15, 0.2) is 0 Å². The van der Waals surface area contributed by atoms with Crippen molar-refractivity contribution in [1.82, 2.24) is 0 Å². The van der Waals surface area contributed by atoms with Crippen LogP contribution in [0.3, 0.4) is 0 Å². The summed E-state index contributed by atoms with van der Waals surface area (Å²) in [5.74, 6) is 0. The Hall–Kier alpha value is -1.43. The van der Waals surface area contributed by atoms with E-state index in [1.165, 1.54) is 0 Å². The lowest BCUT2D eigenvalue weighted by molar-refractivity contribution is 0.607. The molecule has 0 unspecified atom stereocenters. The molecule has 112 valence electrons. The molecule has 0 heterocycles. The van der Waals surface area contributed by atoms with Crippen molar-refractivity contribution < 1.29 is 8.42 Å². The van der Waals surface area contributed by atoms with Crippen LogP contribution in [0, 0.1) is 0 Å². The first-order chi connectivity index (χ1) is 9.85. The molecule has 2 N–H and O–H groups in total. The van der Waals surface area contributed by atoms with Crippen LogP contribution in [0.15, 0.2) is 42.5 Å². The molecule has 2 aromatic rings. The summed E-state index contributed by atoms with van der Waals surface area (Å²) in [7, 11) is -3.29. The zero-order chi connectivity index (χ0) is 15.5. The fraction of sp³-hybridized carbons (Fsp3) is 0.143. The van der Waals surface area contributed by atoms with Gasteiger partial charge in [-0.25, -0.2) is 8.42 Å². The smallest absolute Gasteiger partial charge is 0.229 e. The average molecular weight is 345 g/mol. The number of benzene rings is 2. The van der Waals surface area contributed by atoms with Crippen molar-refractivity contribution in [2.45, 2.75) is 6.54 Å². The summed E-state index contributed by atoms with van der Waals surface area (Å²) in [6, 6.07) is 12.3. The van der Waals surface area contributed by atoms with Gasteiger partial charge < -0.3 is 5.32 Å². The molecule has 0 aliphatic heterocycles. The largest absolute Gasteiger partial charge is 0.381 e. The molecule has 0 aliphatic rings. The van der Waals surface area contributed by atoms with E-state index in [0.29, 0.717) is 22.3 Å². The van der Waals surface area contributed by atoms with Gasteiger partial charge in [-0.15, -0.1) is 0 Å². The Morgan fingerprint density at radius 3 is 2.19 bits per heavy atom. The van der Waals surface area contributed by atoms with Gasteiger partial charge in [-0.05, 0) is 30.3 Å². The van der Waals surface area contributed by atoms with Gasteiger partial charge in [0.25, 0.3) is 0 Å². The van der Waals surface area contributed by atoms with E-state index in [1.807, 2.05) is 6.07 Å². The predicted molar refractivity (Wildman–Crippen MR) is 88.7 cm³/mol. The molecule has 0 saturated heterocycles. The molecule has 2 rings (SSSR count). The minimum Gasteiger partial charge on any atom is -0.381 e. The zero-order valence-electron chi connectivity index (χ0n) is 11.2. The van der Waals surface area contributed by atoms with E-state index in [4.69, 9.17) is 23.2 Å². The van der Waals surface area contributed by atoms with E-state index in [-0.39, 0.29) is 0 Å². The van der Waals surface area contributed by atoms with E-state index in [1.54, 1.807) is 36.4 Å². The highest BCUT2D eigenvalue weighted by Crippen LogP contribution is 2.25. The van der Waals surface area contributed by atoms with Crippen molar-refractivity contribution in [3.8, 4) is 0 Å². The minimum atomic E-state index is -3.29. The molecule has 0 aromatic heterocycles. The highest BCUT2D eigenvalue weighted by atomic mass is 35.5. The molecule has 7 heteroatoms. The van der Waals surface area contributed by atoms with Gasteiger partial charge in [-0.2, -0.15) is 0 Å². The van der Waals surface area contributed by atoms with Crippen LogP contribution < -0.4 is 10.0 Å². The Balaban J connectivity index is 2.12. The number of hydrogen-bond acceptors (Lipinski definition) is 3. The Bertz CT molecular complexity index is 728. The number of halogens is 2. The lowest BCUT2D eigenvalue weighted by Crippen LogP contribution is -2.09. The Morgan fingerprint density at radius 1 is 1.00 bits per heavy atom. The highest BCUT2D eigenvalue weighted by molar-refractivity contribution is 7.92. The van der Waals surface area contributed by atoms with E-state index in [0.717, 1.165) is 17.5 Å². The number of hydrogen-bond donors (Lipinski definition) is 2. The maximum Gasteiger partial charge on any atom is 0.229 e. The average Bonchev–Trinajstić information content (AvgIpc) is 2.36. The van der Waals surface area contributed by atoms with Crippen molar-refractivity contribution in [2.24, 2.45) is 0 Å². The molecule has 0 bridgehead atoms. The summed E-state index contributed by atoms with van der Waals surface area (Å²) in [4.78, 5) is 0. The van der Waals surface area contributed by atoms with Crippen molar-refractivity contribution in [3.63, 3.8) is 0 Å². The summed E-state index contributed by atoms with van der Waals surface area (Å²) in [5, 5.41) is 4.33. The van der Waals surface area contributed by atoms with Crippen LogP contribution in [0.25, 0.3) is 0 Å². The second-order valence-electron chi connectivity index (χ2n) is 4.51. The van der Waals surface area contributed by atoms with Gasteiger partial charge >= 0.3 is 0 Å². The molecule has 0 spiro atoms. The molecule has 0 fully saturated rings. The van der Waals surface area contributed by atoms with Gasteiger partial charge in [-0.3, -0.25) is 4.72 Å². The maximum absolute atomic E-state index is 11.2. The van der Waals surface area contributed by atoms with Crippen molar-refractivity contribution in [2.75, 3.05) is 16.3 Å². The summed E-state index contributed by atoms with van der Waals surface area (Å²) in [6.45, 7) is 0.445. The molecule has 2 aromatic carbocycles. The molecule has 0 saturated carbocycles. The fourth-order valence-corrected chi connectivity index (χ4v) is 2.88. The first-order valence-electron chi connectivity index (χ1n) is 6.10. The normalized spacial score (nSPS) is 11.2. The maximum atomic E-state index is 11.2. The van der Waals surface area contributed by atoms with Gasteiger partial charge in [0.2, 0.25) is 10.0 Å². The molecule has 0 radical (unpaired) electrons. The second kappa shape index (κ2) is 6.56. The van der Waals surface area contributed by atoms with Gasteiger partial charge in [0.05, 0.1) is 11.9 Å².